The van der Waals surface area contributed by atoms with E-state index in [0.29, 0.717) is 29.8 Å². The normalized spacial score (nSPS) is 17.2. The topological polar surface area (TPSA) is 114 Å². The maximum atomic E-state index is 13.1. The number of ketones is 1. The van der Waals surface area contributed by atoms with Crippen molar-refractivity contribution in [3.63, 3.8) is 0 Å². The third-order valence-electron chi connectivity index (χ3n) is 5.80. The van der Waals surface area contributed by atoms with E-state index in [9.17, 15) is 19.8 Å². The van der Waals surface area contributed by atoms with Crippen LogP contribution in [0.2, 0.25) is 0 Å². The van der Waals surface area contributed by atoms with Crippen molar-refractivity contribution in [1.82, 2.24) is 14.5 Å². The fourth-order valence-corrected chi connectivity index (χ4v) is 4.07. The molecule has 0 radical (unpaired) electrons. The Morgan fingerprint density at radius 1 is 1.06 bits per heavy atom. The van der Waals surface area contributed by atoms with Crippen LogP contribution in [0.5, 0.6) is 17.2 Å². The van der Waals surface area contributed by atoms with Crippen molar-refractivity contribution in [3.05, 3.63) is 77.9 Å². The Hall–Kier alpha value is -4.27. The molecule has 0 aliphatic carbocycles. The number of amides is 1. The quantitative estimate of drug-likeness (QED) is 0.300. The monoisotopic (exact) mass is 463 g/mol. The van der Waals surface area contributed by atoms with E-state index in [0.717, 1.165) is 0 Å². The van der Waals surface area contributed by atoms with E-state index in [1.165, 1.54) is 25.2 Å². The van der Waals surface area contributed by atoms with Gasteiger partial charge in [-0.15, -0.1) is 0 Å². The average molecular weight is 463 g/mol. The highest BCUT2D eigenvalue weighted by Gasteiger charge is 2.46. The van der Waals surface area contributed by atoms with Gasteiger partial charge in [-0.3, -0.25) is 9.59 Å². The highest BCUT2D eigenvalue weighted by Crippen LogP contribution is 2.41. The number of carbonyl (C=O) groups excluding carboxylic acids is 2. The van der Waals surface area contributed by atoms with Gasteiger partial charge in [-0.1, -0.05) is 6.07 Å². The molecule has 1 aliphatic heterocycles. The summed E-state index contributed by atoms with van der Waals surface area (Å²) in [6.45, 7) is 0.878. The number of hydrogen-bond acceptors (Lipinski definition) is 7. The molecular formula is C25H25N3O6. The number of phenolic OH excluding ortho intramolecular Hbond substituents is 1. The number of rotatable bonds is 8. The number of likely N-dealkylation sites (tertiary alicyclic amines) is 1. The van der Waals surface area contributed by atoms with E-state index in [2.05, 4.69) is 4.98 Å². The van der Waals surface area contributed by atoms with Crippen molar-refractivity contribution in [3.8, 4) is 17.2 Å². The molecule has 0 bridgehead atoms. The van der Waals surface area contributed by atoms with Crippen LogP contribution in [0.4, 0.5) is 0 Å². The van der Waals surface area contributed by atoms with Crippen LogP contribution in [-0.4, -0.2) is 57.1 Å². The van der Waals surface area contributed by atoms with Gasteiger partial charge in [0.05, 0.1) is 32.2 Å². The van der Waals surface area contributed by atoms with Crippen LogP contribution in [0.3, 0.4) is 0 Å². The Labute approximate surface area is 196 Å². The lowest BCUT2D eigenvalue weighted by atomic mass is 9.95. The summed E-state index contributed by atoms with van der Waals surface area (Å²) in [6, 6.07) is 10.3. The maximum Gasteiger partial charge on any atom is 0.295 e. The average Bonchev–Trinajstić information content (AvgIpc) is 3.46. The predicted molar refractivity (Wildman–Crippen MR) is 124 cm³/mol. The zero-order chi connectivity index (χ0) is 24.2. The zero-order valence-electron chi connectivity index (χ0n) is 18.8. The van der Waals surface area contributed by atoms with Crippen LogP contribution in [0.25, 0.3) is 5.76 Å². The van der Waals surface area contributed by atoms with Crippen LogP contribution in [0, 0.1) is 0 Å². The SMILES string of the molecule is COc1ccc(C(O)=C2C(=O)C(=O)N(CCCn3ccnc3)[C@H]2c2ccc(O)c(OC)c2)cc1. The third-order valence-corrected chi connectivity index (χ3v) is 5.80. The molecule has 2 aromatic carbocycles. The number of hydrogen-bond donors (Lipinski definition) is 2. The summed E-state index contributed by atoms with van der Waals surface area (Å²) in [6.07, 6.45) is 5.74. The highest BCUT2D eigenvalue weighted by atomic mass is 16.5. The summed E-state index contributed by atoms with van der Waals surface area (Å²) in [4.78, 5) is 31.6. The first kappa shape index (κ1) is 22.9. The third kappa shape index (κ3) is 4.32. The molecule has 0 saturated carbocycles. The van der Waals surface area contributed by atoms with Gasteiger partial charge in [0, 0.05) is 31.0 Å². The fourth-order valence-electron chi connectivity index (χ4n) is 4.07. The van der Waals surface area contributed by atoms with E-state index in [4.69, 9.17) is 9.47 Å². The van der Waals surface area contributed by atoms with Gasteiger partial charge < -0.3 is 29.2 Å². The van der Waals surface area contributed by atoms with Gasteiger partial charge in [0.25, 0.3) is 11.7 Å². The van der Waals surface area contributed by atoms with Crippen LogP contribution < -0.4 is 9.47 Å². The summed E-state index contributed by atoms with van der Waals surface area (Å²) in [5.74, 6) is -1.03. The molecule has 1 amide bonds. The molecule has 1 atom stereocenters. The predicted octanol–water partition coefficient (Wildman–Crippen LogP) is 3.12. The van der Waals surface area contributed by atoms with E-state index in [1.807, 2.05) is 10.8 Å². The van der Waals surface area contributed by atoms with Crippen LogP contribution in [0.15, 0.2) is 66.8 Å². The number of aryl methyl sites for hydroxylation is 1. The molecule has 176 valence electrons. The molecule has 1 saturated heterocycles. The lowest BCUT2D eigenvalue weighted by molar-refractivity contribution is -0.139. The molecule has 0 spiro atoms. The lowest BCUT2D eigenvalue weighted by Crippen LogP contribution is -2.31. The molecular weight excluding hydrogens is 438 g/mol. The highest BCUT2D eigenvalue weighted by molar-refractivity contribution is 6.46. The molecule has 1 fully saturated rings. The second-order valence-corrected chi connectivity index (χ2v) is 7.81. The van der Waals surface area contributed by atoms with Crippen molar-refractivity contribution in [2.45, 2.75) is 19.0 Å². The van der Waals surface area contributed by atoms with Crippen LogP contribution in [0.1, 0.15) is 23.6 Å². The van der Waals surface area contributed by atoms with E-state index in [-0.39, 0.29) is 29.4 Å². The van der Waals surface area contributed by atoms with Crippen molar-refractivity contribution in [2.24, 2.45) is 0 Å². The van der Waals surface area contributed by atoms with Crippen LogP contribution in [-0.2, 0) is 16.1 Å². The van der Waals surface area contributed by atoms with Crippen molar-refractivity contribution in [2.75, 3.05) is 20.8 Å². The lowest BCUT2D eigenvalue weighted by Gasteiger charge is -2.26. The molecule has 34 heavy (non-hydrogen) atoms. The van der Waals surface area contributed by atoms with Gasteiger partial charge in [-0.2, -0.15) is 0 Å². The number of ether oxygens (including phenoxy) is 2. The van der Waals surface area contributed by atoms with Gasteiger partial charge in [0.2, 0.25) is 0 Å². The van der Waals surface area contributed by atoms with Gasteiger partial charge >= 0.3 is 0 Å². The summed E-state index contributed by atoms with van der Waals surface area (Å²) in [5, 5.41) is 21.2. The maximum absolute atomic E-state index is 13.1. The summed E-state index contributed by atoms with van der Waals surface area (Å²) < 4.78 is 12.3. The number of aliphatic hydroxyl groups excluding tert-OH is 1. The first-order chi connectivity index (χ1) is 16.4. The molecule has 9 nitrogen and oxygen atoms in total. The Morgan fingerprint density at radius 2 is 1.82 bits per heavy atom. The number of nitrogens with zero attached hydrogens (tertiary/aromatic N) is 3. The van der Waals surface area contributed by atoms with Crippen LogP contribution >= 0.6 is 0 Å². The first-order valence-corrected chi connectivity index (χ1v) is 10.7. The molecule has 1 aromatic heterocycles. The second-order valence-electron chi connectivity index (χ2n) is 7.81. The number of phenols is 1. The molecule has 4 rings (SSSR count). The number of imidazole rings is 1. The number of carbonyl (C=O) groups is 2. The molecule has 0 unspecified atom stereocenters. The van der Waals surface area contributed by atoms with Gasteiger partial charge in [-0.25, -0.2) is 4.98 Å². The van der Waals surface area contributed by atoms with Crippen molar-refractivity contribution >= 4 is 17.4 Å². The number of methoxy groups -OCH3 is 2. The Morgan fingerprint density at radius 3 is 2.47 bits per heavy atom. The number of aromatic nitrogens is 2. The second kappa shape index (κ2) is 9.70. The Kier molecular flexibility index (Phi) is 6.53. The van der Waals surface area contributed by atoms with E-state index >= 15 is 0 Å². The molecule has 2 N–H and O–H groups in total. The zero-order valence-corrected chi connectivity index (χ0v) is 18.8. The summed E-state index contributed by atoms with van der Waals surface area (Å²) in [5.41, 5.74) is 0.894. The van der Waals surface area contributed by atoms with Gasteiger partial charge in [0.1, 0.15) is 11.5 Å². The minimum absolute atomic E-state index is 0.0226. The fraction of sp³-hybridized carbons (Fsp3) is 0.240. The molecule has 1 aliphatic rings. The number of aliphatic hydroxyl groups is 1. The molecule has 2 heterocycles. The summed E-state index contributed by atoms with van der Waals surface area (Å²) in [7, 11) is 2.95. The Balaban J connectivity index is 1.76. The Bertz CT molecular complexity index is 1220. The standard InChI is InChI=1S/C25H25N3O6/c1-33-18-7-4-16(5-8-18)23(30)21-22(17-6-9-19(29)20(14-17)34-2)28(25(32)24(21)31)12-3-11-27-13-10-26-15-27/h4-10,13-15,22,29-30H,3,11-12H2,1-2H3/t22-/m0/s1. The molecule has 3 aromatic rings. The first-order valence-electron chi connectivity index (χ1n) is 10.7. The molecule has 9 heteroatoms. The van der Waals surface area contributed by atoms with Gasteiger partial charge in [0.15, 0.2) is 11.5 Å². The number of aromatic hydroxyl groups is 1. The van der Waals surface area contributed by atoms with Gasteiger partial charge in [-0.05, 0) is 48.4 Å². The minimum atomic E-state index is -0.848. The minimum Gasteiger partial charge on any atom is -0.507 e. The number of benzene rings is 2. The van der Waals surface area contributed by atoms with E-state index in [1.54, 1.807) is 48.9 Å². The van der Waals surface area contributed by atoms with Crippen molar-refractivity contribution in [1.29, 1.82) is 0 Å². The summed E-state index contributed by atoms with van der Waals surface area (Å²) >= 11 is 0. The number of Topliss-reactive ketones (excluding diaryl/α,β-unsaturated/α-hetero) is 1. The van der Waals surface area contributed by atoms with E-state index < -0.39 is 17.7 Å². The smallest absolute Gasteiger partial charge is 0.295 e. The largest absolute Gasteiger partial charge is 0.507 e. The van der Waals surface area contributed by atoms with Crippen molar-refractivity contribution < 1.29 is 29.3 Å².